The molecule has 1 unspecified atom stereocenters. The minimum Gasteiger partial charge on any atom is -0.471 e. The third-order valence-electron chi connectivity index (χ3n) is 4.70. The van der Waals surface area contributed by atoms with Gasteiger partial charge in [0.05, 0.1) is 6.20 Å². The maximum absolute atomic E-state index is 12.6. The molecule has 3 rings (SSSR count). The number of rotatable bonds is 9. The highest BCUT2D eigenvalue weighted by Crippen LogP contribution is 2.26. The number of aliphatic hydroxyl groups is 1. The molecule has 0 aliphatic carbocycles. The molecule has 0 aromatic heterocycles. The molecule has 152 valence electrons. The first-order valence-corrected chi connectivity index (χ1v) is 9.52. The molecule has 0 bridgehead atoms. The summed E-state index contributed by atoms with van der Waals surface area (Å²) in [6, 6.07) is 15.0. The number of Topliss-reactive ketones (excluding diaryl/α,β-unsaturated/α-hetero) is 1. The van der Waals surface area contributed by atoms with E-state index >= 15 is 0 Å². The van der Waals surface area contributed by atoms with Gasteiger partial charge in [0.2, 0.25) is 6.23 Å². The summed E-state index contributed by atoms with van der Waals surface area (Å²) in [5, 5.41) is 10.4. The van der Waals surface area contributed by atoms with Crippen molar-refractivity contribution in [3.8, 4) is 0 Å². The van der Waals surface area contributed by atoms with Crippen molar-refractivity contribution in [3.63, 3.8) is 0 Å². The van der Waals surface area contributed by atoms with E-state index in [9.17, 15) is 9.59 Å². The minimum atomic E-state index is -0.450. The number of ether oxygens (including phenoxy) is 1. The molecule has 1 heterocycles. The maximum Gasteiger partial charge on any atom is 0.269 e. The molecule has 7 nitrogen and oxygen atoms in total. The smallest absolute Gasteiger partial charge is 0.269 e. The van der Waals surface area contributed by atoms with Gasteiger partial charge in [-0.2, -0.15) is 0 Å². The molecule has 1 aliphatic heterocycles. The third kappa shape index (κ3) is 5.43. The van der Waals surface area contributed by atoms with E-state index in [2.05, 4.69) is 5.43 Å². The van der Waals surface area contributed by atoms with Crippen LogP contribution in [0.4, 0.5) is 0 Å². The second kappa shape index (κ2) is 9.86. The number of nitrogens with two attached hydrogens (primary N) is 1. The number of hydrogen-bond donors (Lipinski definition) is 3. The number of benzene rings is 2. The number of aryl methyl sites for hydroxylation is 1. The fourth-order valence-corrected chi connectivity index (χ4v) is 3.10. The lowest BCUT2D eigenvalue weighted by Gasteiger charge is -2.25. The normalized spacial score (nSPS) is 15.2. The number of nitrogens with one attached hydrogen (secondary N) is 1. The SMILES string of the molecule is NCc1cccc(C2OC=CN2NC(=O)c2ccc(CCCC(=O)CO)cc2)c1. The summed E-state index contributed by atoms with van der Waals surface area (Å²) in [6.45, 7) is 0.0200. The summed E-state index contributed by atoms with van der Waals surface area (Å²) in [7, 11) is 0. The summed E-state index contributed by atoms with van der Waals surface area (Å²) in [4.78, 5) is 23.8. The molecule has 0 spiro atoms. The van der Waals surface area contributed by atoms with Gasteiger partial charge in [0.1, 0.15) is 12.9 Å². The van der Waals surface area contributed by atoms with Crippen molar-refractivity contribution in [2.24, 2.45) is 5.73 Å². The zero-order valence-electron chi connectivity index (χ0n) is 16.1. The quantitative estimate of drug-likeness (QED) is 0.601. The minimum absolute atomic E-state index is 0.159. The molecule has 4 N–H and O–H groups in total. The van der Waals surface area contributed by atoms with E-state index in [-0.39, 0.29) is 11.7 Å². The molecule has 1 atom stereocenters. The van der Waals surface area contributed by atoms with E-state index in [1.807, 2.05) is 36.4 Å². The predicted molar refractivity (Wildman–Crippen MR) is 108 cm³/mol. The number of hydrogen-bond acceptors (Lipinski definition) is 6. The van der Waals surface area contributed by atoms with E-state index in [0.717, 1.165) is 23.1 Å². The monoisotopic (exact) mass is 395 g/mol. The van der Waals surface area contributed by atoms with E-state index in [4.69, 9.17) is 15.6 Å². The highest BCUT2D eigenvalue weighted by molar-refractivity contribution is 5.93. The van der Waals surface area contributed by atoms with Crippen molar-refractivity contribution < 1.29 is 19.4 Å². The van der Waals surface area contributed by atoms with Crippen LogP contribution in [0.25, 0.3) is 0 Å². The molecule has 29 heavy (non-hydrogen) atoms. The van der Waals surface area contributed by atoms with Crippen LogP contribution in [0.2, 0.25) is 0 Å². The summed E-state index contributed by atoms with van der Waals surface area (Å²) >= 11 is 0. The Labute approximate surface area is 169 Å². The molecule has 0 fully saturated rings. The molecule has 2 aromatic carbocycles. The first-order chi connectivity index (χ1) is 14.1. The van der Waals surface area contributed by atoms with Crippen LogP contribution in [0.1, 0.15) is 46.1 Å². The van der Waals surface area contributed by atoms with Gasteiger partial charge >= 0.3 is 0 Å². The highest BCUT2D eigenvalue weighted by Gasteiger charge is 2.25. The van der Waals surface area contributed by atoms with Gasteiger partial charge in [-0.05, 0) is 42.2 Å². The molecule has 0 saturated heterocycles. The molecule has 7 heteroatoms. The number of nitrogens with zero attached hydrogens (tertiary/aromatic N) is 1. The van der Waals surface area contributed by atoms with Gasteiger partial charge in [-0.3, -0.25) is 15.0 Å². The molecular weight excluding hydrogens is 370 g/mol. The Bertz CT molecular complexity index is 880. The number of aliphatic hydroxyl groups excluding tert-OH is 1. The van der Waals surface area contributed by atoms with Crippen LogP contribution in [0.3, 0.4) is 0 Å². The number of hydrazine groups is 1. The van der Waals surface area contributed by atoms with Crippen molar-refractivity contribution >= 4 is 11.7 Å². The molecule has 0 radical (unpaired) electrons. The molecule has 1 aliphatic rings. The number of ketones is 1. The van der Waals surface area contributed by atoms with Gasteiger partial charge in [0.25, 0.3) is 5.91 Å². The Morgan fingerprint density at radius 2 is 1.93 bits per heavy atom. The van der Waals surface area contributed by atoms with Crippen molar-refractivity contribution in [2.45, 2.75) is 32.0 Å². The zero-order valence-corrected chi connectivity index (χ0v) is 16.1. The van der Waals surface area contributed by atoms with Crippen molar-refractivity contribution in [1.82, 2.24) is 10.4 Å². The molecule has 2 aromatic rings. The van der Waals surface area contributed by atoms with Gasteiger partial charge in [0, 0.05) is 24.1 Å². The van der Waals surface area contributed by atoms with Crippen LogP contribution >= 0.6 is 0 Å². The van der Waals surface area contributed by atoms with E-state index in [1.165, 1.54) is 6.26 Å². The number of amides is 1. The van der Waals surface area contributed by atoms with Gasteiger partial charge in [-0.25, -0.2) is 5.01 Å². The summed E-state index contributed by atoms with van der Waals surface area (Å²) in [6.07, 6.45) is 4.50. The second-order valence-corrected chi connectivity index (χ2v) is 6.82. The van der Waals surface area contributed by atoms with Crippen molar-refractivity contribution in [1.29, 1.82) is 0 Å². The standard InChI is InChI=1S/C22H25N3O4/c23-14-17-4-1-5-19(13-17)22-25(11-12-29-22)24-21(28)18-9-7-16(8-10-18)3-2-6-20(27)15-26/h1,4-5,7-13,22,26H,2-3,6,14-15,23H2,(H,24,28). The van der Waals surface area contributed by atoms with Gasteiger partial charge < -0.3 is 15.6 Å². The Kier molecular flexibility index (Phi) is 6.99. The van der Waals surface area contributed by atoms with Gasteiger partial charge in [-0.15, -0.1) is 0 Å². The lowest BCUT2D eigenvalue weighted by Crippen LogP contribution is -2.39. The maximum atomic E-state index is 12.6. The Morgan fingerprint density at radius 1 is 1.14 bits per heavy atom. The van der Waals surface area contributed by atoms with Crippen LogP contribution in [-0.2, 0) is 22.5 Å². The first-order valence-electron chi connectivity index (χ1n) is 9.52. The Morgan fingerprint density at radius 3 is 2.66 bits per heavy atom. The van der Waals surface area contributed by atoms with Gasteiger partial charge in [-0.1, -0.05) is 30.3 Å². The first kappa shape index (κ1) is 20.6. The fraction of sp³-hybridized carbons (Fsp3) is 0.273. The van der Waals surface area contributed by atoms with E-state index < -0.39 is 12.8 Å². The zero-order chi connectivity index (χ0) is 20.6. The summed E-state index contributed by atoms with van der Waals surface area (Å²) in [5.41, 5.74) is 12.0. The van der Waals surface area contributed by atoms with Crippen LogP contribution in [0, 0.1) is 0 Å². The summed E-state index contributed by atoms with van der Waals surface area (Å²) < 4.78 is 5.62. The van der Waals surface area contributed by atoms with Crippen LogP contribution < -0.4 is 11.2 Å². The van der Waals surface area contributed by atoms with E-state index in [1.54, 1.807) is 23.3 Å². The second-order valence-electron chi connectivity index (χ2n) is 6.82. The summed E-state index contributed by atoms with van der Waals surface area (Å²) in [5.74, 6) is -0.407. The van der Waals surface area contributed by atoms with E-state index in [0.29, 0.717) is 24.9 Å². The van der Waals surface area contributed by atoms with Crippen molar-refractivity contribution in [3.05, 3.63) is 83.2 Å². The highest BCUT2D eigenvalue weighted by atomic mass is 16.5. The lowest BCUT2D eigenvalue weighted by molar-refractivity contribution is -0.121. The topological polar surface area (TPSA) is 105 Å². The Hall–Kier alpha value is -3.16. The van der Waals surface area contributed by atoms with Crippen LogP contribution in [-0.4, -0.2) is 28.4 Å². The predicted octanol–water partition coefficient (Wildman–Crippen LogP) is 2.18. The number of carbonyl (C=O) groups excluding carboxylic acids is 2. The fourth-order valence-electron chi connectivity index (χ4n) is 3.10. The third-order valence-corrected chi connectivity index (χ3v) is 4.70. The number of carbonyl (C=O) groups is 2. The largest absolute Gasteiger partial charge is 0.471 e. The van der Waals surface area contributed by atoms with Gasteiger partial charge in [0.15, 0.2) is 5.78 Å². The van der Waals surface area contributed by atoms with Crippen LogP contribution in [0.15, 0.2) is 61.0 Å². The average molecular weight is 395 g/mol. The molecular formula is C22H25N3O4. The van der Waals surface area contributed by atoms with Crippen molar-refractivity contribution in [2.75, 3.05) is 6.61 Å². The lowest BCUT2D eigenvalue weighted by atomic mass is 10.0. The molecule has 1 amide bonds. The molecule has 0 saturated carbocycles. The Balaban J connectivity index is 1.59. The van der Waals surface area contributed by atoms with Crippen LogP contribution in [0.5, 0.6) is 0 Å². The average Bonchev–Trinajstić information content (AvgIpc) is 3.22.